The second-order valence-electron chi connectivity index (χ2n) is 4.05. The number of esters is 1. The molecule has 1 N–H and O–H groups in total. The van der Waals surface area contributed by atoms with Crippen molar-refractivity contribution in [2.45, 2.75) is 26.7 Å². The predicted molar refractivity (Wildman–Crippen MR) is 70.0 cm³/mol. The molecule has 0 aromatic carbocycles. The van der Waals surface area contributed by atoms with Crippen LogP contribution in [0.25, 0.3) is 5.65 Å². The highest BCUT2D eigenvalue weighted by molar-refractivity contribution is 5.70. The van der Waals surface area contributed by atoms with Crippen molar-refractivity contribution in [3.05, 3.63) is 17.6 Å². The molecule has 0 bridgehead atoms. The number of carbonyl (C=O) groups is 1. The highest BCUT2D eigenvalue weighted by atomic mass is 16.5. The Labute approximate surface area is 111 Å². The van der Waals surface area contributed by atoms with Crippen LogP contribution in [0.3, 0.4) is 0 Å². The van der Waals surface area contributed by atoms with Crippen LogP contribution in [0.1, 0.15) is 24.7 Å². The minimum absolute atomic E-state index is 0.207. The molecule has 0 unspecified atom stereocenters. The summed E-state index contributed by atoms with van der Waals surface area (Å²) < 4.78 is 6.54. The Kier molecular flexibility index (Phi) is 3.94. The zero-order chi connectivity index (χ0) is 13.8. The molecule has 7 nitrogen and oxygen atoms in total. The lowest BCUT2D eigenvalue weighted by Gasteiger charge is -2.04. The second kappa shape index (κ2) is 5.64. The molecule has 2 heterocycles. The Morgan fingerprint density at radius 2 is 2.26 bits per heavy atom. The lowest BCUT2D eigenvalue weighted by Crippen LogP contribution is -2.07. The number of rotatable bonds is 5. The van der Waals surface area contributed by atoms with Crippen LogP contribution in [-0.4, -0.2) is 39.2 Å². The first kappa shape index (κ1) is 13.3. The Morgan fingerprint density at radius 3 is 2.95 bits per heavy atom. The van der Waals surface area contributed by atoms with Crippen molar-refractivity contribution >= 4 is 17.6 Å². The molecule has 102 valence electrons. The minimum Gasteiger partial charge on any atom is -0.466 e. The number of nitrogens with one attached hydrogen (secondary N) is 1. The van der Waals surface area contributed by atoms with Crippen LogP contribution in [0.15, 0.2) is 6.20 Å². The van der Waals surface area contributed by atoms with E-state index in [0.29, 0.717) is 31.2 Å². The number of aromatic nitrogens is 4. The van der Waals surface area contributed by atoms with Crippen molar-refractivity contribution in [3.63, 3.8) is 0 Å². The molecule has 2 aromatic heterocycles. The Morgan fingerprint density at radius 1 is 1.47 bits per heavy atom. The van der Waals surface area contributed by atoms with Gasteiger partial charge in [0, 0.05) is 19.0 Å². The number of ether oxygens (including phenoxy) is 1. The van der Waals surface area contributed by atoms with Crippen LogP contribution in [0.4, 0.5) is 5.95 Å². The number of nitrogens with zero attached hydrogens (tertiary/aromatic N) is 4. The molecule has 0 saturated heterocycles. The Bertz CT molecular complexity index is 593. The molecular formula is C12H17N5O2. The van der Waals surface area contributed by atoms with Gasteiger partial charge in [0.05, 0.1) is 12.8 Å². The van der Waals surface area contributed by atoms with E-state index in [1.807, 2.05) is 6.92 Å². The topological polar surface area (TPSA) is 81.4 Å². The fourth-order valence-corrected chi connectivity index (χ4v) is 1.84. The van der Waals surface area contributed by atoms with Crippen LogP contribution in [0.2, 0.25) is 0 Å². The second-order valence-corrected chi connectivity index (χ2v) is 4.05. The first-order valence-electron chi connectivity index (χ1n) is 6.20. The molecule has 0 spiro atoms. The van der Waals surface area contributed by atoms with Crippen molar-refractivity contribution in [1.82, 2.24) is 19.6 Å². The first-order chi connectivity index (χ1) is 9.15. The van der Waals surface area contributed by atoms with Gasteiger partial charge in [-0.05, 0) is 20.3 Å². The molecule has 0 radical (unpaired) electrons. The van der Waals surface area contributed by atoms with Crippen LogP contribution in [0, 0.1) is 6.92 Å². The summed E-state index contributed by atoms with van der Waals surface area (Å²) in [7, 11) is 1.78. The number of anilines is 1. The summed E-state index contributed by atoms with van der Waals surface area (Å²) in [5.74, 6) is 1.08. The van der Waals surface area contributed by atoms with Crippen molar-refractivity contribution in [2.24, 2.45) is 0 Å². The number of fused-ring (bicyclic) bond motifs is 1. The van der Waals surface area contributed by atoms with Crippen LogP contribution >= 0.6 is 0 Å². The number of aryl methyl sites for hydroxylation is 2. The molecule has 0 aliphatic rings. The van der Waals surface area contributed by atoms with Gasteiger partial charge in [0.15, 0.2) is 5.65 Å². The zero-order valence-corrected chi connectivity index (χ0v) is 11.3. The molecule has 0 atom stereocenters. The van der Waals surface area contributed by atoms with Gasteiger partial charge >= 0.3 is 5.97 Å². The smallest absolute Gasteiger partial charge is 0.306 e. The molecule has 19 heavy (non-hydrogen) atoms. The molecule has 0 saturated carbocycles. The third kappa shape index (κ3) is 2.81. The van der Waals surface area contributed by atoms with Gasteiger partial charge in [-0.1, -0.05) is 0 Å². The van der Waals surface area contributed by atoms with E-state index < -0.39 is 0 Å². The lowest BCUT2D eigenvalue weighted by atomic mass is 10.2. The number of carbonyl (C=O) groups excluding carboxylic acids is 1. The molecule has 0 aliphatic heterocycles. The lowest BCUT2D eigenvalue weighted by molar-refractivity contribution is -0.143. The van der Waals surface area contributed by atoms with Crippen molar-refractivity contribution in [1.29, 1.82) is 0 Å². The van der Waals surface area contributed by atoms with Gasteiger partial charge in [0.2, 0.25) is 5.95 Å². The largest absolute Gasteiger partial charge is 0.466 e. The molecule has 2 rings (SSSR count). The monoisotopic (exact) mass is 263 g/mol. The van der Waals surface area contributed by atoms with Crippen molar-refractivity contribution in [3.8, 4) is 0 Å². The van der Waals surface area contributed by atoms with Gasteiger partial charge < -0.3 is 10.1 Å². The minimum atomic E-state index is -0.207. The summed E-state index contributed by atoms with van der Waals surface area (Å²) in [5, 5.41) is 7.20. The number of hydrogen-bond donors (Lipinski definition) is 1. The van der Waals surface area contributed by atoms with Gasteiger partial charge in [-0.15, -0.1) is 0 Å². The third-order valence-corrected chi connectivity index (χ3v) is 2.68. The Balaban J connectivity index is 2.25. The van der Waals surface area contributed by atoms with Gasteiger partial charge in [-0.2, -0.15) is 14.6 Å². The highest BCUT2D eigenvalue weighted by Gasteiger charge is 2.12. The predicted octanol–water partition coefficient (Wildman–Crippen LogP) is 0.970. The average Bonchev–Trinajstić information content (AvgIpc) is 2.78. The van der Waals surface area contributed by atoms with E-state index in [1.54, 1.807) is 24.7 Å². The van der Waals surface area contributed by atoms with Gasteiger partial charge in [0.1, 0.15) is 5.82 Å². The summed E-state index contributed by atoms with van der Waals surface area (Å²) in [6.45, 7) is 4.02. The van der Waals surface area contributed by atoms with Gasteiger partial charge in [-0.25, -0.2) is 4.98 Å². The molecule has 2 aromatic rings. The standard InChI is InChI=1S/C12H17N5O2/c1-4-19-10(18)6-5-9-7-14-17-11(9)15-8(2)16-12(17)13-3/h7H,4-6H2,1-3H3,(H,13,15,16). The maximum absolute atomic E-state index is 11.4. The molecular weight excluding hydrogens is 246 g/mol. The highest BCUT2D eigenvalue weighted by Crippen LogP contribution is 2.14. The van der Waals surface area contributed by atoms with Crippen LogP contribution in [-0.2, 0) is 16.0 Å². The van der Waals surface area contributed by atoms with E-state index in [4.69, 9.17) is 4.74 Å². The summed E-state index contributed by atoms with van der Waals surface area (Å²) >= 11 is 0. The summed E-state index contributed by atoms with van der Waals surface area (Å²) in [6, 6.07) is 0. The van der Waals surface area contributed by atoms with Gasteiger partial charge in [0.25, 0.3) is 0 Å². The summed E-state index contributed by atoms with van der Waals surface area (Å²) in [6.07, 6.45) is 2.60. The SMILES string of the molecule is CCOC(=O)CCc1cnn2c(NC)nc(C)nc12. The fourth-order valence-electron chi connectivity index (χ4n) is 1.84. The van der Waals surface area contributed by atoms with Gasteiger partial charge in [-0.3, -0.25) is 4.79 Å². The number of hydrogen-bond acceptors (Lipinski definition) is 6. The summed E-state index contributed by atoms with van der Waals surface area (Å²) in [4.78, 5) is 20.0. The van der Waals surface area contributed by atoms with E-state index in [1.165, 1.54) is 0 Å². The normalized spacial score (nSPS) is 10.7. The molecule has 7 heteroatoms. The maximum Gasteiger partial charge on any atom is 0.306 e. The molecule has 0 aliphatic carbocycles. The van der Waals surface area contributed by atoms with Crippen molar-refractivity contribution in [2.75, 3.05) is 19.0 Å². The maximum atomic E-state index is 11.4. The molecule has 0 amide bonds. The fraction of sp³-hybridized carbons (Fsp3) is 0.500. The van der Waals surface area contributed by atoms with E-state index in [-0.39, 0.29) is 5.97 Å². The Hall–Kier alpha value is -2.18. The zero-order valence-electron chi connectivity index (χ0n) is 11.3. The average molecular weight is 263 g/mol. The van der Waals surface area contributed by atoms with E-state index >= 15 is 0 Å². The van der Waals surface area contributed by atoms with Crippen LogP contribution in [0.5, 0.6) is 0 Å². The van der Waals surface area contributed by atoms with Crippen LogP contribution < -0.4 is 5.32 Å². The van der Waals surface area contributed by atoms with E-state index in [2.05, 4.69) is 20.4 Å². The van der Waals surface area contributed by atoms with E-state index in [0.717, 1.165) is 11.2 Å². The third-order valence-electron chi connectivity index (χ3n) is 2.68. The van der Waals surface area contributed by atoms with Crippen molar-refractivity contribution < 1.29 is 9.53 Å². The first-order valence-corrected chi connectivity index (χ1v) is 6.20. The summed E-state index contributed by atoms with van der Waals surface area (Å²) in [5.41, 5.74) is 1.64. The quantitative estimate of drug-likeness (QED) is 0.809. The van der Waals surface area contributed by atoms with E-state index in [9.17, 15) is 4.79 Å². The molecule has 0 fully saturated rings.